The summed E-state index contributed by atoms with van der Waals surface area (Å²) >= 11 is 5.86. The fraction of sp³-hybridized carbons (Fsp3) is 0.233. The van der Waals surface area contributed by atoms with Crippen LogP contribution in [0.4, 0.5) is 11.4 Å². The van der Waals surface area contributed by atoms with Crippen LogP contribution in [-0.2, 0) is 4.74 Å². The first-order chi connectivity index (χ1) is 19.0. The molecule has 9 heteroatoms. The lowest BCUT2D eigenvalue weighted by atomic mass is 10.0. The van der Waals surface area contributed by atoms with Gasteiger partial charge in [0.05, 0.1) is 30.5 Å². The van der Waals surface area contributed by atoms with Gasteiger partial charge in [-0.3, -0.25) is 4.98 Å². The number of rotatable bonds is 6. The van der Waals surface area contributed by atoms with Crippen molar-refractivity contribution in [2.45, 2.75) is 19.0 Å². The molecule has 2 fully saturated rings. The summed E-state index contributed by atoms with van der Waals surface area (Å²) < 4.78 is 12.0. The van der Waals surface area contributed by atoms with Crippen LogP contribution in [0.2, 0.25) is 0 Å². The minimum absolute atomic E-state index is 0.230. The molecule has 0 unspecified atom stereocenters. The predicted octanol–water partition coefficient (Wildman–Crippen LogP) is 5.36. The zero-order valence-electron chi connectivity index (χ0n) is 21.4. The third-order valence-electron chi connectivity index (χ3n) is 7.26. The van der Waals surface area contributed by atoms with Gasteiger partial charge in [0.25, 0.3) is 0 Å². The smallest absolute Gasteiger partial charge is 0.335 e. The average molecular weight is 541 g/mol. The lowest BCUT2D eigenvalue weighted by Gasteiger charge is -2.30. The van der Waals surface area contributed by atoms with Crippen LogP contribution in [0, 0.1) is 6.92 Å². The first kappa shape index (κ1) is 25.1. The molecule has 0 amide bonds. The molecule has 2 atom stereocenters. The fourth-order valence-corrected chi connectivity index (χ4v) is 5.64. The second-order valence-electron chi connectivity index (χ2n) is 9.65. The van der Waals surface area contributed by atoms with E-state index in [-0.39, 0.29) is 17.6 Å². The second-order valence-corrected chi connectivity index (χ2v) is 10.0. The van der Waals surface area contributed by atoms with Crippen molar-refractivity contribution in [1.29, 1.82) is 0 Å². The molecule has 0 bridgehead atoms. The molecule has 4 aromatic rings. The lowest BCUT2D eigenvalue weighted by molar-refractivity contribution is 0.0696. The number of aromatic nitrogens is 1. The van der Waals surface area contributed by atoms with E-state index in [9.17, 15) is 9.90 Å². The maximum absolute atomic E-state index is 11.4. The van der Waals surface area contributed by atoms with Gasteiger partial charge in [-0.15, -0.1) is 0 Å². The Hall–Kier alpha value is -4.21. The van der Waals surface area contributed by atoms with Crippen molar-refractivity contribution in [2.75, 3.05) is 36.1 Å². The topological polar surface area (TPSA) is 91.1 Å². The van der Waals surface area contributed by atoms with Gasteiger partial charge in [0, 0.05) is 36.2 Å². The van der Waals surface area contributed by atoms with Crippen molar-refractivity contribution in [3.8, 4) is 11.3 Å². The SMILES string of the molecule is Cc1cc(C(=O)O)ccc1-c1ccc([C@@H]2[C@H](c3ccccn3)NC(=S)N2c2ccc(N3CCOCC3)cc2)o1. The number of anilines is 2. The van der Waals surface area contributed by atoms with Crippen LogP contribution in [0.1, 0.15) is 39.5 Å². The maximum Gasteiger partial charge on any atom is 0.335 e. The Morgan fingerprint density at radius 2 is 1.79 bits per heavy atom. The minimum Gasteiger partial charge on any atom is -0.478 e. The van der Waals surface area contributed by atoms with Crippen LogP contribution in [0.15, 0.2) is 83.4 Å². The molecule has 4 heterocycles. The number of ether oxygens (including phenoxy) is 1. The molecule has 8 nitrogen and oxygen atoms in total. The number of morpholine rings is 1. The van der Waals surface area contributed by atoms with Gasteiger partial charge >= 0.3 is 5.97 Å². The third kappa shape index (κ3) is 4.86. The quantitative estimate of drug-likeness (QED) is 0.314. The number of aromatic carboxylic acids is 1. The first-order valence-corrected chi connectivity index (χ1v) is 13.3. The van der Waals surface area contributed by atoms with Crippen molar-refractivity contribution in [2.24, 2.45) is 0 Å². The van der Waals surface area contributed by atoms with E-state index in [0.717, 1.165) is 60.3 Å². The molecule has 0 radical (unpaired) electrons. The number of thiocarbonyl (C=S) groups is 1. The Morgan fingerprint density at radius 1 is 1.03 bits per heavy atom. The molecule has 2 aliphatic rings. The van der Waals surface area contributed by atoms with Crippen LogP contribution in [-0.4, -0.2) is 47.5 Å². The minimum atomic E-state index is -0.955. The molecule has 198 valence electrons. The summed E-state index contributed by atoms with van der Waals surface area (Å²) in [5, 5.41) is 13.4. The van der Waals surface area contributed by atoms with Gasteiger partial charge in [-0.1, -0.05) is 12.1 Å². The number of nitrogens with zero attached hydrogens (tertiary/aromatic N) is 3. The number of carboxylic acid groups (broad SMARTS) is 1. The molecule has 2 N–H and O–H groups in total. The molecule has 0 spiro atoms. The van der Waals surface area contributed by atoms with Crippen molar-refractivity contribution < 1.29 is 19.1 Å². The number of nitrogens with one attached hydrogen (secondary N) is 1. The summed E-state index contributed by atoms with van der Waals surface area (Å²) in [6.07, 6.45) is 1.78. The molecular weight excluding hydrogens is 512 g/mol. The van der Waals surface area contributed by atoms with E-state index < -0.39 is 5.97 Å². The van der Waals surface area contributed by atoms with Crippen LogP contribution in [0.3, 0.4) is 0 Å². The van der Waals surface area contributed by atoms with Crippen LogP contribution >= 0.6 is 12.2 Å². The Labute approximate surface area is 231 Å². The van der Waals surface area contributed by atoms with Gasteiger partial charge < -0.3 is 29.4 Å². The van der Waals surface area contributed by atoms with Crippen LogP contribution in [0.25, 0.3) is 11.3 Å². The highest BCUT2D eigenvalue weighted by Gasteiger charge is 2.42. The molecule has 2 aromatic heterocycles. The highest BCUT2D eigenvalue weighted by atomic mass is 32.1. The van der Waals surface area contributed by atoms with E-state index in [1.54, 1.807) is 24.4 Å². The van der Waals surface area contributed by atoms with Crippen LogP contribution in [0.5, 0.6) is 0 Å². The van der Waals surface area contributed by atoms with Gasteiger partial charge in [-0.05, 0) is 85.4 Å². The van der Waals surface area contributed by atoms with E-state index in [4.69, 9.17) is 21.4 Å². The van der Waals surface area contributed by atoms with Gasteiger partial charge in [0.1, 0.15) is 17.6 Å². The summed E-state index contributed by atoms with van der Waals surface area (Å²) in [7, 11) is 0. The summed E-state index contributed by atoms with van der Waals surface area (Å²) in [4.78, 5) is 20.4. The van der Waals surface area contributed by atoms with Gasteiger partial charge in [-0.25, -0.2) is 4.79 Å². The number of aryl methyl sites for hydroxylation is 1. The first-order valence-electron chi connectivity index (χ1n) is 12.9. The molecule has 2 aliphatic heterocycles. The van der Waals surface area contributed by atoms with Crippen molar-refractivity contribution in [3.63, 3.8) is 0 Å². The molecule has 0 aliphatic carbocycles. The number of benzene rings is 2. The van der Waals surface area contributed by atoms with E-state index in [1.807, 2.05) is 37.3 Å². The zero-order valence-corrected chi connectivity index (χ0v) is 22.2. The van der Waals surface area contributed by atoms with E-state index in [2.05, 4.69) is 44.4 Å². The maximum atomic E-state index is 11.4. The van der Waals surface area contributed by atoms with E-state index in [0.29, 0.717) is 10.9 Å². The average Bonchev–Trinajstić information content (AvgIpc) is 3.58. The summed E-state index contributed by atoms with van der Waals surface area (Å²) in [6.45, 7) is 5.09. The lowest BCUT2D eigenvalue weighted by Crippen LogP contribution is -2.36. The number of carbonyl (C=O) groups is 1. The highest BCUT2D eigenvalue weighted by molar-refractivity contribution is 7.80. The normalized spacial score (nSPS) is 19.3. The summed E-state index contributed by atoms with van der Waals surface area (Å²) in [5.74, 6) is 0.440. The Bertz CT molecular complexity index is 1500. The number of pyridine rings is 1. The number of furan rings is 1. The monoisotopic (exact) mass is 540 g/mol. The van der Waals surface area contributed by atoms with Crippen molar-refractivity contribution >= 4 is 34.7 Å². The summed E-state index contributed by atoms with van der Waals surface area (Å²) in [5.41, 5.74) is 4.88. The second kappa shape index (κ2) is 10.5. The van der Waals surface area contributed by atoms with Crippen LogP contribution < -0.4 is 15.1 Å². The molecule has 2 saturated heterocycles. The standard InChI is InChI=1S/C30H28N4O4S/c1-19-18-20(29(35)36)5-10-23(19)25-11-12-26(38-25)28-27(24-4-2-3-13-31-24)32-30(39)34(28)22-8-6-21(7-9-22)33-14-16-37-17-15-33/h2-13,18,27-28H,14-17H2,1H3,(H,32,39)(H,35,36)/t27-,28+/m0/s1. The third-order valence-corrected chi connectivity index (χ3v) is 7.57. The van der Waals surface area contributed by atoms with E-state index in [1.165, 1.54) is 0 Å². The number of hydrogen-bond donors (Lipinski definition) is 2. The van der Waals surface area contributed by atoms with Gasteiger partial charge in [0.15, 0.2) is 5.11 Å². The molecular formula is C30H28N4O4S. The molecule has 39 heavy (non-hydrogen) atoms. The van der Waals surface area contributed by atoms with Gasteiger partial charge in [-0.2, -0.15) is 0 Å². The Kier molecular flexibility index (Phi) is 6.76. The van der Waals surface area contributed by atoms with Crippen molar-refractivity contribution in [1.82, 2.24) is 10.3 Å². The molecule has 2 aromatic carbocycles. The predicted molar refractivity (Wildman–Crippen MR) is 153 cm³/mol. The summed E-state index contributed by atoms with van der Waals surface area (Å²) in [6, 6.07) is 22.7. The largest absolute Gasteiger partial charge is 0.478 e. The van der Waals surface area contributed by atoms with Crippen molar-refractivity contribution in [3.05, 3.63) is 102 Å². The zero-order chi connectivity index (χ0) is 26.9. The number of hydrogen-bond acceptors (Lipinski definition) is 6. The fourth-order valence-electron chi connectivity index (χ4n) is 5.30. The van der Waals surface area contributed by atoms with E-state index >= 15 is 0 Å². The Balaban J connectivity index is 1.37. The molecule has 6 rings (SSSR count). The number of carboxylic acids is 1. The highest BCUT2D eigenvalue weighted by Crippen LogP contribution is 2.43. The van der Waals surface area contributed by atoms with Gasteiger partial charge in [0.2, 0.25) is 0 Å². The molecule has 0 saturated carbocycles. The Morgan fingerprint density at radius 3 is 2.49 bits per heavy atom.